The molecule has 1 aromatic carbocycles. The molecule has 90 valence electrons. The molecule has 1 aromatic heterocycles. The van der Waals surface area contributed by atoms with Crippen LogP contribution in [-0.4, -0.2) is 15.0 Å². The lowest BCUT2D eigenvalue weighted by atomic mass is 9.97. The number of nitrogens with two attached hydrogens (primary N) is 1. The summed E-state index contributed by atoms with van der Waals surface area (Å²) in [5.41, 5.74) is 9.59. The minimum atomic E-state index is -0.208. The first-order chi connectivity index (χ1) is 8.15. The summed E-state index contributed by atoms with van der Waals surface area (Å²) < 4.78 is 2.42. The van der Waals surface area contributed by atoms with E-state index in [0.717, 1.165) is 17.7 Å². The molecule has 0 aliphatic rings. The minimum Gasteiger partial charge on any atom is -0.319 e. The zero-order chi connectivity index (χ0) is 12.4. The summed E-state index contributed by atoms with van der Waals surface area (Å²) in [7, 11) is 1.85. The number of aryl methyl sites for hydroxylation is 2. The van der Waals surface area contributed by atoms with E-state index < -0.39 is 0 Å². The van der Waals surface area contributed by atoms with E-state index in [2.05, 4.69) is 45.3 Å². The Balaban J connectivity index is 2.47. The van der Waals surface area contributed by atoms with Crippen molar-refractivity contribution in [3.8, 4) is 0 Å². The molecule has 1 atom stereocenters. The summed E-state index contributed by atoms with van der Waals surface area (Å²) >= 11 is 3.39. The van der Waals surface area contributed by atoms with Crippen LogP contribution in [-0.2, 0) is 13.5 Å². The number of rotatable bonds is 3. The lowest BCUT2D eigenvalue weighted by Gasteiger charge is -2.16. The Kier molecular flexibility index (Phi) is 3.59. The van der Waals surface area contributed by atoms with Gasteiger partial charge < -0.3 is 5.73 Å². The molecule has 2 rings (SSSR count). The van der Waals surface area contributed by atoms with Gasteiger partial charge in [0.05, 0.1) is 11.7 Å². The van der Waals surface area contributed by atoms with E-state index in [0.29, 0.717) is 4.60 Å². The first kappa shape index (κ1) is 12.3. The van der Waals surface area contributed by atoms with Gasteiger partial charge in [-0.3, -0.25) is 0 Å². The molecule has 0 aliphatic heterocycles. The third kappa shape index (κ3) is 2.25. The fraction of sp³-hybridized carbons (Fsp3) is 0.333. The van der Waals surface area contributed by atoms with Crippen molar-refractivity contribution in [2.75, 3.05) is 0 Å². The highest BCUT2D eigenvalue weighted by Crippen LogP contribution is 2.26. The van der Waals surface area contributed by atoms with Crippen LogP contribution in [0.2, 0.25) is 0 Å². The van der Waals surface area contributed by atoms with Gasteiger partial charge in [-0.1, -0.05) is 36.4 Å². The Hall–Kier alpha value is -1.20. The molecule has 0 saturated carbocycles. The van der Waals surface area contributed by atoms with Crippen molar-refractivity contribution in [3.63, 3.8) is 0 Å². The van der Waals surface area contributed by atoms with Gasteiger partial charge in [0, 0.05) is 7.05 Å². The summed E-state index contributed by atoms with van der Waals surface area (Å²) in [6, 6.07) is 7.99. The van der Waals surface area contributed by atoms with Gasteiger partial charge in [0.2, 0.25) is 0 Å². The maximum Gasteiger partial charge on any atom is 0.153 e. The van der Waals surface area contributed by atoms with Gasteiger partial charge in [0.15, 0.2) is 4.60 Å². The van der Waals surface area contributed by atoms with Gasteiger partial charge in [-0.2, -0.15) is 0 Å². The molecular formula is C12H15BrN4. The van der Waals surface area contributed by atoms with Gasteiger partial charge in [0.25, 0.3) is 0 Å². The number of benzene rings is 1. The summed E-state index contributed by atoms with van der Waals surface area (Å²) in [6.45, 7) is 2.13. The van der Waals surface area contributed by atoms with Gasteiger partial charge >= 0.3 is 0 Å². The molecule has 0 aliphatic carbocycles. The van der Waals surface area contributed by atoms with Crippen LogP contribution in [0.3, 0.4) is 0 Å². The Morgan fingerprint density at radius 2 is 2.12 bits per heavy atom. The van der Waals surface area contributed by atoms with Crippen molar-refractivity contribution >= 4 is 15.9 Å². The van der Waals surface area contributed by atoms with Crippen LogP contribution < -0.4 is 5.73 Å². The normalized spacial score (nSPS) is 12.7. The molecule has 0 saturated heterocycles. The number of hydrogen-bond donors (Lipinski definition) is 1. The Labute approximate surface area is 109 Å². The molecule has 0 bridgehead atoms. The Morgan fingerprint density at radius 1 is 1.41 bits per heavy atom. The fourth-order valence-corrected chi connectivity index (χ4v) is 2.55. The van der Waals surface area contributed by atoms with E-state index in [1.54, 1.807) is 4.68 Å². The highest BCUT2D eigenvalue weighted by molar-refractivity contribution is 9.10. The molecular weight excluding hydrogens is 280 g/mol. The lowest BCUT2D eigenvalue weighted by molar-refractivity contribution is 0.648. The van der Waals surface area contributed by atoms with Crippen molar-refractivity contribution < 1.29 is 0 Å². The quantitative estimate of drug-likeness (QED) is 0.944. The largest absolute Gasteiger partial charge is 0.319 e. The first-order valence-corrected chi connectivity index (χ1v) is 6.33. The summed E-state index contributed by atoms with van der Waals surface area (Å²) in [5, 5.41) is 7.93. The molecule has 5 heteroatoms. The number of halogens is 1. The number of aromatic nitrogens is 3. The van der Waals surface area contributed by atoms with Crippen LogP contribution in [0.4, 0.5) is 0 Å². The van der Waals surface area contributed by atoms with Crippen molar-refractivity contribution in [2.45, 2.75) is 19.4 Å². The molecule has 2 aromatic rings. The van der Waals surface area contributed by atoms with Gasteiger partial charge in [-0.15, -0.1) is 5.10 Å². The monoisotopic (exact) mass is 294 g/mol. The highest BCUT2D eigenvalue weighted by Gasteiger charge is 2.19. The molecule has 1 unspecified atom stereocenters. The zero-order valence-electron chi connectivity index (χ0n) is 9.89. The van der Waals surface area contributed by atoms with Crippen molar-refractivity contribution in [2.24, 2.45) is 12.8 Å². The Morgan fingerprint density at radius 3 is 2.71 bits per heavy atom. The van der Waals surface area contributed by atoms with Crippen LogP contribution in [0, 0.1) is 0 Å². The second-order valence-corrected chi connectivity index (χ2v) is 4.67. The molecule has 0 spiro atoms. The zero-order valence-corrected chi connectivity index (χ0v) is 11.5. The molecule has 0 amide bonds. The van der Waals surface area contributed by atoms with Gasteiger partial charge in [-0.25, -0.2) is 4.68 Å². The third-order valence-corrected chi connectivity index (χ3v) is 3.46. The minimum absolute atomic E-state index is 0.208. The topological polar surface area (TPSA) is 56.7 Å². The van der Waals surface area contributed by atoms with Crippen LogP contribution in [0.15, 0.2) is 28.9 Å². The van der Waals surface area contributed by atoms with Crippen molar-refractivity contribution in [1.29, 1.82) is 0 Å². The van der Waals surface area contributed by atoms with E-state index >= 15 is 0 Å². The van der Waals surface area contributed by atoms with E-state index in [9.17, 15) is 0 Å². The number of hydrogen-bond acceptors (Lipinski definition) is 3. The van der Waals surface area contributed by atoms with Crippen molar-refractivity contribution in [3.05, 3.63) is 45.7 Å². The summed E-state index contributed by atoms with van der Waals surface area (Å²) in [5.74, 6) is 0. The highest BCUT2D eigenvalue weighted by atomic mass is 79.9. The summed E-state index contributed by atoms with van der Waals surface area (Å²) in [6.07, 6.45) is 0.965. The van der Waals surface area contributed by atoms with Crippen LogP contribution in [0.5, 0.6) is 0 Å². The van der Waals surface area contributed by atoms with Gasteiger partial charge in [-0.05, 0) is 33.5 Å². The molecule has 1 heterocycles. The smallest absolute Gasteiger partial charge is 0.153 e. The van der Waals surface area contributed by atoms with Crippen LogP contribution in [0.25, 0.3) is 0 Å². The average molecular weight is 295 g/mol. The predicted molar refractivity (Wildman–Crippen MR) is 70.6 cm³/mol. The predicted octanol–water partition coefficient (Wildman–Crippen LogP) is 2.19. The van der Waals surface area contributed by atoms with E-state index in [1.807, 2.05) is 19.2 Å². The second-order valence-electron chi connectivity index (χ2n) is 3.92. The SMILES string of the molecule is CCc1ccccc1C(N)c1c(Br)nnn1C. The van der Waals surface area contributed by atoms with E-state index in [1.165, 1.54) is 5.56 Å². The van der Waals surface area contributed by atoms with E-state index in [4.69, 9.17) is 5.73 Å². The third-order valence-electron chi connectivity index (χ3n) is 2.89. The molecule has 2 N–H and O–H groups in total. The molecule has 4 nitrogen and oxygen atoms in total. The van der Waals surface area contributed by atoms with Crippen LogP contribution >= 0.6 is 15.9 Å². The fourth-order valence-electron chi connectivity index (χ4n) is 1.98. The van der Waals surface area contributed by atoms with Gasteiger partial charge in [0.1, 0.15) is 0 Å². The van der Waals surface area contributed by atoms with Crippen molar-refractivity contribution in [1.82, 2.24) is 15.0 Å². The lowest BCUT2D eigenvalue weighted by Crippen LogP contribution is -2.18. The molecule has 0 radical (unpaired) electrons. The molecule has 17 heavy (non-hydrogen) atoms. The maximum absolute atomic E-state index is 6.31. The average Bonchev–Trinajstić information content (AvgIpc) is 2.68. The molecule has 0 fully saturated rings. The van der Waals surface area contributed by atoms with Crippen LogP contribution in [0.1, 0.15) is 29.8 Å². The van der Waals surface area contributed by atoms with E-state index in [-0.39, 0.29) is 6.04 Å². The maximum atomic E-state index is 6.31. The number of nitrogens with zero attached hydrogens (tertiary/aromatic N) is 3. The Bertz CT molecular complexity index is 501. The standard InChI is InChI=1S/C12H15BrN4/c1-3-8-6-4-5-7-9(8)10(14)11-12(13)15-16-17(11)2/h4-7,10H,3,14H2,1-2H3. The first-order valence-electron chi connectivity index (χ1n) is 5.53. The summed E-state index contributed by atoms with van der Waals surface area (Å²) in [4.78, 5) is 0. The second kappa shape index (κ2) is 4.98.